The third kappa shape index (κ3) is 8.39. The number of pyridine rings is 3. The number of aromatic nitrogens is 3. The number of benzene rings is 1. The van der Waals surface area contributed by atoms with E-state index in [1.54, 1.807) is 26.3 Å². The molecule has 2 amide bonds. The lowest BCUT2D eigenvalue weighted by Crippen LogP contribution is -2.44. The highest BCUT2D eigenvalue weighted by Gasteiger charge is 2.39. The van der Waals surface area contributed by atoms with Crippen LogP contribution in [0.15, 0.2) is 48.7 Å². The highest BCUT2D eigenvalue weighted by Crippen LogP contribution is 2.45. The average Bonchev–Trinajstić information content (AvgIpc) is 3.81. The average molecular weight is 794 g/mol. The minimum atomic E-state index is -4.76. The molecule has 3 N–H and O–H groups in total. The van der Waals surface area contributed by atoms with E-state index in [4.69, 9.17) is 30.8 Å². The highest BCUT2D eigenvalue weighted by molar-refractivity contribution is 6.35. The fraction of sp³-hybridized carbons (Fsp3) is 0.425. The minimum Gasteiger partial charge on any atom is -0.481 e. The molecule has 3 aliphatic rings. The van der Waals surface area contributed by atoms with Crippen molar-refractivity contribution in [2.24, 2.45) is 0 Å². The Labute approximate surface area is 327 Å². The van der Waals surface area contributed by atoms with Crippen LogP contribution in [0, 0.1) is 0 Å². The van der Waals surface area contributed by atoms with Crippen LogP contribution in [0.25, 0.3) is 22.5 Å². The molecule has 0 radical (unpaired) electrons. The number of ether oxygens (including phenoxy) is 3. The van der Waals surface area contributed by atoms with Gasteiger partial charge in [-0.2, -0.15) is 18.2 Å². The molecule has 1 aliphatic carbocycles. The summed E-state index contributed by atoms with van der Waals surface area (Å²) in [6.45, 7) is 3.60. The maximum absolute atomic E-state index is 14.5. The molecule has 5 heterocycles. The van der Waals surface area contributed by atoms with E-state index < -0.39 is 23.7 Å². The molecule has 1 aromatic carbocycles. The van der Waals surface area contributed by atoms with Crippen LogP contribution in [0.5, 0.6) is 17.6 Å². The number of methoxy groups -OCH3 is 2. The van der Waals surface area contributed by atoms with Gasteiger partial charge >= 0.3 is 6.18 Å². The number of fused-ring (bicyclic) bond motifs is 1. The first-order valence-electron chi connectivity index (χ1n) is 18.6. The number of carbonyl (C=O) groups excluding carboxylic acids is 2. The first-order valence-corrected chi connectivity index (χ1v) is 19.0. The number of halogens is 4. The molecule has 3 aromatic heterocycles. The van der Waals surface area contributed by atoms with Gasteiger partial charge in [0.15, 0.2) is 0 Å². The van der Waals surface area contributed by atoms with Crippen molar-refractivity contribution < 1.29 is 37.0 Å². The highest BCUT2D eigenvalue weighted by atomic mass is 35.5. The number of nitrogens with one attached hydrogen (secondary N) is 3. The first kappa shape index (κ1) is 39.3. The molecule has 2 saturated heterocycles. The molecular weight excluding hydrogens is 751 g/mol. The van der Waals surface area contributed by atoms with Crippen molar-refractivity contribution in [1.29, 1.82) is 0 Å². The Bertz CT molecular complexity index is 2110. The summed E-state index contributed by atoms with van der Waals surface area (Å²) in [5.41, 5.74) is 4.11. The van der Waals surface area contributed by atoms with E-state index in [1.165, 1.54) is 7.11 Å². The summed E-state index contributed by atoms with van der Waals surface area (Å²) in [5.74, 6) is -0.150. The first-order chi connectivity index (χ1) is 26.9. The summed E-state index contributed by atoms with van der Waals surface area (Å²) < 4.78 is 60.6. The van der Waals surface area contributed by atoms with Crippen molar-refractivity contribution in [3.05, 3.63) is 81.5 Å². The zero-order valence-electron chi connectivity index (χ0n) is 31.3. The van der Waals surface area contributed by atoms with E-state index in [1.807, 2.05) is 35.2 Å². The number of hydrogen-bond donors (Lipinski definition) is 3. The van der Waals surface area contributed by atoms with Gasteiger partial charge < -0.3 is 29.7 Å². The fourth-order valence-electron chi connectivity index (χ4n) is 7.63. The zero-order valence-corrected chi connectivity index (χ0v) is 32.0. The minimum absolute atomic E-state index is 0.0000763. The molecule has 296 valence electrons. The van der Waals surface area contributed by atoms with E-state index >= 15 is 0 Å². The van der Waals surface area contributed by atoms with Crippen LogP contribution in [0.4, 0.5) is 13.2 Å². The third-order valence-corrected chi connectivity index (χ3v) is 11.0. The summed E-state index contributed by atoms with van der Waals surface area (Å²) in [4.78, 5) is 38.8. The number of piperidine rings is 1. The van der Waals surface area contributed by atoms with Crippen LogP contribution in [0.3, 0.4) is 0 Å². The van der Waals surface area contributed by atoms with Crippen molar-refractivity contribution in [2.45, 2.75) is 83.0 Å². The Morgan fingerprint density at radius 3 is 2.38 bits per heavy atom. The SMILES string of the molecule is COc1nc(-c2ccnc(-c3cccc4c3CC[C@@H]4Oc3nc(OC)c(CN[C@@H]4CCC(=O)N4)cc3C(F)(F)F)c2Cl)ccc1CNC1CCN(C(C)=O)CC1. The molecule has 16 heteroatoms. The van der Waals surface area contributed by atoms with Gasteiger partial charge in [0.2, 0.25) is 29.5 Å². The zero-order chi connectivity index (χ0) is 39.6. The van der Waals surface area contributed by atoms with Gasteiger partial charge in [-0.3, -0.25) is 19.9 Å². The van der Waals surface area contributed by atoms with Crippen LogP contribution < -0.4 is 30.2 Å². The van der Waals surface area contributed by atoms with Crippen molar-refractivity contribution >= 4 is 23.4 Å². The number of nitrogens with zero attached hydrogens (tertiary/aromatic N) is 4. The second-order valence-electron chi connectivity index (χ2n) is 14.1. The second kappa shape index (κ2) is 16.6. The molecule has 56 heavy (non-hydrogen) atoms. The molecule has 2 aliphatic heterocycles. The third-order valence-electron chi connectivity index (χ3n) is 10.6. The molecule has 0 spiro atoms. The van der Waals surface area contributed by atoms with E-state index in [9.17, 15) is 22.8 Å². The Balaban J connectivity index is 1.11. The van der Waals surface area contributed by atoms with Crippen molar-refractivity contribution in [1.82, 2.24) is 35.8 Å². The van der Waals surface area contributed by atoms with Gasteiger partial charge in [0.05, 0.1) is 36.8 Å². The van der Waals surface area contributed by atoms with Gasteiger partial charge in [-0.05, 0) is 61.4 Å². The normalized spacial score (nSPS) is 18.5. The molecule has 7 rings (SSSR count). The topological polar surface area (TPSA) is 140 Å². The maximum atomic E-state index is 14.5. The molecular formula is C40H43ClF3N7O5. The largest absolute Gasteiger partial charge is 0.481 e. The van der Waals surface area contributed by atoms with Crippen molar-refractivity contribution in [3.8, 4) is 40.2 Å². The van der Waals surface area contributed by atoms with Gasteiger partial charge in [0.1, 0.15) is 11.7 Å². The Morgan fingerprint density at radius 2 is 1.68 bits per heavy atom. The number of amides is 2. The van der Waals surface area contributed by atoms with Gasteiger partial charge in [0, 0.05) is 74.0 Å². The number of rotatable bonds is 12. The van der Waals surface area contributed by atoms with Gasteiger partial charge in [-0.25, -0.2) is 4.98 Å². The van der Waals surface area contributed by atoms with Gasteiger partial charge in [-0.1, -0.05) is 35.9 Å². The smallest absolute Gasteiger partial charge is 0.421 e. The Morgan fingerprint density at radius 1 is 0.929 bits per heavy atom. The van der Waals surface area contributed by atoms with Gasteiger partial charge in [0.25, 0.3) is 0 Å². The van der Waals surface area contributed by atoms with Gasteiger partial charge in [-0.15, -0.1) is 0 Å². The Kier molecular flexibility index (Phi) is 11.7. The fourth-order valence-corrected chi connectivity index (χ4v) is 7.94. The molecule has 2 atom stereocenters. The van der Waals surface area contributed by atoms with Crippen molar-refractivity contribution in [2.75, 3.05) is 27.3 Å². The molecule has 2 fully saturated rings. The summed E-state index contributed by atoms with van der Waals surface area (Å²) in [6.07, 6.45) is -0.667. The monoisotopic (exact) mass is 793 g/mol. The number of alkyl halides is 3. The molecule has 0 saturated carbocycles. The summed E-state index contributed by atoms with van der Waals surface area (Å²) in [6, 6.07) is 12.4. The van der Waals surface area contributed by atoms with E-state index in [0.29, 0.717) is 65.6 Å². The van der Waals surface area contributed by atoms with E-state index in [2.05, 4.69) is 25.9 Å². The van der Waals surface area contributed by atoms with Crippen LogP contribution >= 0.6 is 11.6 Å². The standard InChI is InChI=1S/C40H43ClF3N7O5/c1-22(52)51-17-14-25(15-18-51)46-20-23-7-9-31(48-37(23)54-2)29-13-16-45-36(35(29)41)28-6-4-5-27-26(28)8-10-32(27)56-39-30(40(42,43)44)19-24(38(50-39)55-3)21-47-33-11-12-34(53)49-33/h4-7,9,13,16,19,25,32-33,46-47H,8,10-12,14-15,17-18,20-21H2,1-3H3,(H,49,53)/t32-,33-/m0/s1. The lowest BCUT2D eigenvalue weighted by atomic mass is 9.98. The lowest BCUT2D eigenvalue weighted by molar-refractivity contribution is -0.139. The van der Waals surface area contributed by atoms with Crippen LogP contribution in [0.1, 0.15) is 72.9 Å². The summed E-state index contributed by atoms with van der Waals surface area (Å²) in [5, 5.41) is 9.73. The van der Waals surface area contributed by atoms with E-state index in [0.717, 1.165) is 48.7 Å². The van der Waals surface area contributed by atoms with Crippen LogP contribution in [-0.2, 0) is 35.3 Å². The molecule has 12 nitrogen and oxygen atoms in total. The quantitative estimate of drug-likeness (QED) is 0.148. The maximum Gasteiger partial charge on any atom is 0.421 e. The second-order valence-corrected chi connectivity index (χ2v) is 14.5. The molecule has 0 bridgehead atoms. The molecule has 4 aromatic rings. The lowest BCUT2D eigenvalue weighted by Gasteiger charge is -2.31. The number of hydrogen-bond acceptors (Lipinski definition) is 10. The number of carbonyl (C=O) groups is 2. The predicted molar refractivity (Wildman–Crippen MR) is 202 cm³/mol. The summed E-state index contributed by atoms with van der Waals surface area (Å²) >= 11 is 7.08. The van der Waals surface area contributed by atoms with Crippen LogP contribution in [-0.4, -0.2) is 71.2 Å². The number of likely N-dealkylation sites (tertiary alicyclic amines) is 1. The van der Waals surface area contributed by atoms with E-state index in [-0.39, 0.29) is 42.0 Å². The van der Waals surface area contributed by atoms with Crippen molar-refractivity contribution in [3.63, 3.8) is 0 Å². The van der Waals surface area contributed by atoms with Crippen LogP contribution in [0.2, 0.25) is 5.02 Å². The molecule has 0 unspecified atom stereocenters. The summed E-state index contributed by atoms with van der Waals surface area (Å²) in [7, 11) is 2.91. The Hall–Kier alpha value is -4.99. The predicted octanol–water partition coefficient (Wildman–Crippen LogP) is 6.39.